The first-order valence-electron chi connectivity index (χ1n) is 3.88. The van der Waals surface area contributed by atoms with E-state index in [2.05, 4.69) is 4.74 Å². The molecule has 0 rings (SSSR count). The lowest BCUT2D eigenvalue weighted by Gasteiger charge is -2.08. The van der Waals surface area contributed by atoms with Gasteiger partial charge in [0.2, 0.25) is 0 Å². The lowest BCUT2D eigenvalue weighted by Crippen LogP contribution is -2.57. The van der Waals surface area contributed by atoms with Gasteiger partial charge in [-0.1, -0.05) is 6.92 Å². The SMILES string of the molecule is CCC(=O)OCC([N+](=O)[O-])([N+](=O)[O-])[N+](=O)[O-]. The first-order valence-corrected chi connectivity index (χ1v) is 3.88. The van der Waals surface area contributed by atoms with E-state index >= 15 is 0 Å². The molecule has 0 aromatic rings. The van der Waals surface area contributed by atoms with Gasteiger partial charge in [0.05, 0.1) is 0 Å². The summed E-state index contributed by atoms with van der Waals surface area (Å²) in [6.45, 7) is -0.221. The van der Waals surface area contributed by atoms with Crippen molar-refractivity contribution in [2.45, 2.75) is 19.1 Å². The standard InChI is InChI=1S/C5H7N3O8/c1-2-4(9)16-3-5(6(10)11,7(12)13)8(14)15/h2-3H2,1H3. The number of esters is 1. The van der Waals surface area contributed by atoms with Crippen molar-refractivity contribution < 1.29 is 24.3 Å². The highest BCUT2D eigenvalue weighted by Gasteiger charge is 2.71. The number of carbonyl (C=O) groups excluding carboxylic acids is 1. The molecule has 0 aromatic heterocycles. The number of rotatable bonds is 6. The van der Waals surface area contributed by atoms with Gasteiger partial charge < -0.3 is 4.74 Å². The van der Waals surface area contributed by atoms with Gasteiger partial charge in [0, 0.05) is 6.42 Å². The average molecular weight is 237 g/mol. The van der Waals surface area contributed by atoms with Crippen LogP contribution in [0.1, 0.15) is 13.3 Å². The van der Waals surface area contributed by atoms with Gasteiger partial charge in [-0.25, -0.2) is 0 Å². The van der Waals surface area contributed by atoms with Crippen molar-refractivity contribution in [2.75, 3.05) is 6.61 Å². The lowest BCUT2D eigenvalue weighted by molar-refractivity contribution is -0.970. The Balaban J connectivity index is 5.07. The van der Waals surface area contributed by atoms with E-state index in [4.69, 9.17) is 0 Å². The van der Waals surface area contributed by atoms with Gasteiger partial charge in [-0.15, -0.1) is 0 Å². The summed E-state index contributed by atoms with van der Waals surface area (Å²) in [4.78, 5) is 36.5. The van der Waals surface area contributed by atoms with Crippen LogP contribution in [0.5, 0.6) is 0 Å². The van der Waals surface area contributed by atoms with E-state index in [1.165, 1.54) is 6.92 Å². The molecule has 0 atom stereocenters. The van der Waals surface area contributed by atoms with E-state index in [1.807, 2.05) is 0 Å². The lowest BCUT2D eigenvalue weighted by atomic mass is 10.4. The third-order valence-corrected chi connectivity index (χ3v) is 1.59. The van der Waals surface area contributed by atoms with Gasteiger partial charge in [0.1, 0.15) is 0 Å². The molecule has 0 N–H and O–H groups in total. The van der Waals surface area contributed by atoms with Crippen LogP contribution in [0.4, 0.5) is 0 Å². The predicted octanol–water partition coefficient (Wildman–Crippen LogP) is -0.576. The summed E-state index contributed by atoms with van der Waals surface area (Å²) in [6, 6.07) is 0. The number of nitrogens with zero attached hydrogens (tertiary/aromatic N) is 3. The molecule has 0 saturated heterocycles. The molecule has 0 amide bonds. The fourth-order valence-electron chi connectivity index (χ4n) is 0.637. The van der Waals surface area contributed by atoms with Crippen molar-refractivity contribution in [1.82, 2.24) is 0 Å². The van der Waals surface area contributed by atoms with Crippen molar-refractivity contribution in [3.05, 3.63) is 30.3 Å². The van der Waals surface area contributed by atoms with Gasteiger partial charge in [0.25, 0.3) is 0 Å². The molecular weight excluding hydrogens is 230 g/mol. The van der Waals surface area contributed by atoms with E-state index < -0.39 is 33.1 Å². The molecule has 0 unspecified atom stereocenters. The predicted molar refractivity (Wildman–Crippen MR) is 45.0 cm³/mol. The van der Waals surface area contributed by atoms with E-state index in [1.54, 1.807) is 0 Å². The fraction of sp³-hybridized carbons (Fsp3) is 0.800. The van der Waals surface area contributed by atoms with E-state index in [9.17, 15) is 35.1 Å². The molecule has 11 heteroatoms. The highest BCUT2D eigenvalue weighted by molar-refractivity contribution is 5.68. The maximum Gasteiger partial charge on any atom is 0.734 e. The molecular formula is C5H7N3O8. The molecule has 0 aliphatic carbocycles. The Morgan fingerprint density at radius 3 is 1.75 bits per heavy atom. The maximum atomic E-state index is 10.6. The van der Waals surface area contributed by atoms with Crippen molar-refractivity contribution in [3.8, 4) is 0 Å². The molecule has 0 saturated carbocycles. The van der Waals surface area contributed by atoms with Crippen LogP contribution in [0.2, 0.25) is 0 Å². The minimum Gasteiger partial charge on any atom is -0.441 e. The fourth-order valence-corrected chi connectivity index (χ4v) is 0.637. The normalized spacial score (nSPS) is 10.6. The second-order valence-corrected chi connectivity index (χ2v) is 2.56. The van der Waals surface area contributed by atoms with Crippen LogP contribution in [0.3, 0.4) is 0 Å². The van der Waals surface area contributed by atoms with Crippen LogP contribution in [0.15, 0.2) is 0 Å². The van der Waals surface area contributed by atoms with Gasteiger partial charge >= 0.3 is 18.4 Å². The highest BCUT2D eigenvalue weighted by Crippen LogP contribution is 2.13. The first-order chi connectivity index (χ1) is 7.28. The molecule has 90 valence electrons. The quantitative estimate of drug-likeness (QED) is 0.257. The summed E-state index contributed by atoms with van der Waals surface area (Å²) in [5.41, 5.74) is 0. The van der Waals surface area contributed by atoms with Gasteiger partial charge in [-0.05, 0) is 0 Å². The Morgan fingerprint density at radius 2 is 1.50 bits per heavy atom. The molecule has 0 aliphatic heterocycles. The van der Waals surface area contributed by atoms with Crippen LogP contribution < -0.4 is 0 Å². The number of carbonyl (C=O) groups is 1. The molecule has 0 bridgehead atoms. The molecule has 16 heavy (non-hydrogen) atoms. The summed E-state index contributed by atoms with van der Waals surface area (Å²) in [7, 11) is 0. The molecule has 0 radical (unpaired) electrons. The largest absolute Gasteiger partial charge is 0.734 e. The van der Waals surface area contributed by atoms with Crippen LogP contribution in [-0.4, -0.2) is 33.1 Å². The summed E-state index contributed by atoms with van der Waals surface area (Å²) in [6.07, 6.45) is -0.205. The second kappa shape index (κ2) is 4.95. The first kappa shape index (κ1) is 13.7. The maximum absolute atomic E-state index is 10.6. The number of nitro groups is 3. The Bertz CT molecular complexity index is 303. The molecule has 11 nitrogen and oxygen atoms in total. The molecule has 0 heterocycles. The Hall–Kier alpha value is -2.33. The molecule has 0 fully saturated rings. The second-order valence-electron chi connectivity index (χ2n) is 2.56. The Kier molecular flexibility index (Phi) is 4.23. The van der Waals surface area contributed by atoms with Crippen LogP contribution in [0.25, 0.3) is 0 Å². The van der Waals surface area contributed by atoms with Gasteiger partial charge in [-0.3, -0.25) is 35.1 Å². The zero-order valence-electron chi connectivity index (χ0n) is 8.02. The van der Waals surface area contributed by atoms with E-state index in [0.29, 0.717) is 0 Å². The van der Waals surface area contributed by atoms with Crippen LogP contribution in [-0.2, 0) is 9.53 Å². The highest BCUT2D eigenvalue weighted by atomic mass is 16.7. The minimum absolute atomic E-state index is 0.205. The number of hydrogen-bond donors (Lipinski definition) is 0. The summed E-state index contributed by atoms with van der Waals surface area (Å²) < 4.78 is 4.08. The van der Waals surface area contributed by atoms with E-state index in [-0.39, 0.29) is 6.42 Å². The third-order valence-electron chi connectivity index (χ3n) is 1.59. The summed E-state index contributed by atoms with van der Waals surface area (Å²) >= 11 is 0. The van der Waals surface area contributed by atoms with Crippen molar-refractivity contribution in [3.63, 3.8) is 0 Å². The summed E-state index contributed by atoms with van der Waals surface area (Å²) in [5, 5.41) is 31.0. The Morgan fingerprint density at radius 1 is 1.12 bits per heavy atom. The minimum atomic E-state index is -3.75. The monoisotopic (exact) mass is 237 g/mol. The third kappa shape index (κ3) is 2.37. The molecule has 0 spiro atoms. The molecule has 0 aromatic carbocycles. The molecule has 0 aliphatic rings. The zero-order valence-corrected chi connectivity index (χ0v) is 8.02. The Labute approximate surface area is 87.4 Å². The smallest absolute Gasteiger partial charge is 0.441 e. The topological polar surface area (TPSA) is 156 Å². The van der Waals surface area contributed by atoms with Crippen LogP contribution >= 0.6 is 0 Å². The number of ether oxygens (including phenoxy) is 1. The van der Waals surface area contributed by atoms with Crippen molar-refractivity contribution in [2.24, 2.45) is 0 Å². The summed E-state index contributed by atoms with van der Waals surface area (Å²) in [5.74, 6) is -4.75. The zero-order chi connectivity index (χ0) is 12.9. The van der Waals surface area contributed by atoms with E-state index in [0.717, 1.165) is 0 Å². The average Bonchev–Trinajstić information content (AvgIpc) is 2.16. The number of hydrogen-bond acceptors (Lipinski definition) is 8. The van der Waals surface area contributed by atoms with Crippen LogP contribution in [0, 0.1) is 30.3 Å². The van der Waals surface area contributed by atoms with Gasteiger partial charge in [0.15, 0.2) is 14.8 Å². The van der Waals surface area contributed by atoms with Crippen molar-refractivity contribution >= 4 is 5.97 Å². The van der Waals surface area contributed by atoms with Gasteiger partial charge in [-0.2, -0.15) is 0 Å². The van der Waals surface area contributed by atoms with Crippen molar-refractivity contribution in [1.29, 1.82) is 0 Å².